The highest BCUT2D eigenvalue weighted by molar-refractivity contribution is 14.1. The largest absolute Gasteiger partial charge is 0.383 e. The van der Waals surface area contributed by atoms with E-state index in [4.69, 9.17) is 4.74 Å². The van der Waals surface area contributed by atoms with Gasteiger partial charge < -0.3 is 10.1 Å². The molecule has 1 unspecified atom stereocenters. The number of hydrogen-bond donors (Lipinski definition) is 1. The number of benzene rings is 1. The van der Waals surface area contributed by atoms with E-state index in [-0.39, 0.29) is 0 Å². The first-order valence-corrected chi connectivity index (χ1v) is 6.31. The van der Waals surface area contributed by atoms with Crippen molar-refractivity contribution in [3.8, 4) is 0 Å². The van der Waals surface area contributed by atoms with Gasteiger partial charge in [0.1, 0.15) is 0 Å². The van der Waals surface area contributed by atoms with Crippen molar-refractivity contribution in [3.63, 3.8) is 0 Å². The Hall–Kier alpha value is -0.130. The van der Waals surface area contributed by atoms with Crippen LogP contribution in [0.1, 0.15) is 18.9 Å². The van der Waals surface area contributed by atoms with Gasteiger partial charge in [-0.15, -0.1) is 0 Å². The summed E-state index contributed by atoms with van der Waals surface area (Å²) < 4.78 is 6.42. The number of methoxy groups -OCH3 is 1. The molecule has 0 saturated carbocycles. The van der Waals surface area contributed by atoms with Crippen LogP contribution in [0.3, 0.4) is 0 Å². The summed E-state index contributed by atoms with van der Waals surface area (Å²) in [5.41, 5.74) is 1.32. The molecule has 0 radical (unpaired) electrons. The molecule has 2 nitrogen and oxygen atoms in total. The minimum atomic E-state index is 0.453. The molecular weight excluding hydrogens is 301 g/mol. The second kappa shape index (κ2) is 7.19. The number of hydrogen-bond acceptors (Lipinski definition) is 2. The van der Waals surface area contributed by atoms with Crippen LogP contribution in [0.2, 0.25) is 0 Å². The van der Waals surface area contributed by atoms with Gasteiger partial charge in [-0.1, -0.05) is 19.1 Å². The zero-order chi connectivity index (χ0) is 11.1. The minimum Gasteiger partial charge on any atom is -0.383 e. The highest BCUT2D eigenvalue weighted by Crippen LogP contribution is 2.07. The van der Waals surface area contributed by atoms with E-state index in [1.807, 2.05) is 0 Å². The van der Waals surface area contributed by atoms with Crippen molar-refractivity contribution in [2.24, 2.45) is 0 Å². The maximum Gasteiger partial charge on any atom is 0.0615 e. The lowest BCUT2D eigenvalue weighted by Gasteiger charge is -2.15. The first-order chi connectivity index (χ1) is 7.26. The molecule has 15 heavy (non-hydrogen) atoms. The Labute approximate surface area is 106 Å². The number of nitrogens with one attached hydrogen (secondary N) is 1. The molecular formula is C12H18INO. The molecule has 0 aliphatic carbocycles. The molecule has 0 spiro atoms. The van der Waals surface area contributed by atoms with E-state index >= 15 is 0 Å². The van der Waals surface area contributed by atoms with Crippen molar-refractivity contribution in [3.05, 3.63) is 33.4 Å². The zero-order valence-electron chi connectivity index (χ0n) is 9.29. The molecule has 1 N–H and O–H groups in total. The van der Waals surface area contributed by atoms with Crippen molar-refractivity contribution < 1.29 is 4.74 Å². The number of rotatable bonds is 6. The van der Waals surface area contributed by atoms with Crippen molar-refractivity contribution >= 4 is 22.6 Å². The SMILES string of the molecule is CCC(COC)NCc1ccc(I)cc1. The summed E-state index contributed by atoms with van der Waals surface area (Å²) in [7, 11) is 1.75. The molecule has 0 heterocycles. The summed E-state index contributed by atoms with van der Waals surface area (Å²) in [6, 6.07) is 9.04. The number of halogens is 1. The van der Waals surface area contributed by atoms with Crippen molar-refractivity contribution in [1.29, 1.82) is 0 Å². The molecule has 84 valence electrons. The van der Waals surface area contributed by atoms with Crippen molar-refractivity contribution in [2.75, 3.05) is 13.7 Å². The summed E-state index contributed by atoms with van der Waals surface area (Å²) in [5.74, 6) is 0. The second-order valence-corrected chi connectivity index (χ2v) is 4.81. The molecule has 0 saturated heterocycles. The molecule has 1 atom stereocenters. The molecule has 1 aromatic rings. The van der Waals surface area contributed by atoms with Gasteiger partial charge in [0, 0.05) is 23.3 Å². The van der Waals surface area contributed by atoms with Crippen LogP contribution in [0.5, 0.6) is 0 Å². The highest BCUT2D eigenvalue weighted by Gasteiger charge is 2.04. The van der Waals surface area contributed by atoms with Gasteiger partial charge in [0.05, 0.1) is 6.61 Å². The normalized spacial score (nSPS) is 12.7. The van der Waals surface area contributed by atoms with Crippen LogP contribution in [0.25, 0.3) is 0 Å². The maximum atomic E-state index is 5.14. The lowest BCUT2D eigenvalue weighted by molar-refractivity contribution is 0.164. The van der Waals surface area contributed by atoms with Gasteiger partial charge in [-0.2, -0.15) is 0 Å². The summed E-state index contributed by atoms with van der Waals surface area (Å²) in [6.07, 6.45) is 1.10. The van der Waals surface area contributed by atoms with Crippen molar-refractivity contribution in [2.45, 2.75) is 25.9 Å². The zero-order valence-corrected chi connectivity index (χ0v) is 11.5. The Morgan fingerprint density at radius 2 is 2.00 bits per heavy atom. The Bertz CT molecular complexity index is 273. The monoisotopic (exact) mass is 319 g/mol. The van der Waals surface area contributed by atoms with E-state index < -0.39 is 0 Å². The molecule has 1 rings (SSSR count). The first-order valence-electron chi connectivity index (χ1n) is 5.23. The average Bonchev–Trinajstić information content (AvgIpc) is 2.26. The Kier molecular flexibility index (Phi) is 6.20. The summed E-state index contributed by atoms with van der Waals surface area (Å²) >= 11 is 2.32. The third-order valence-corrected chi connectivity index (χ3v) is 3.09. The third-order valence-electron chi connectivity index (χ3n) is 2.37. The van der Waals surface area contributed by atoms with Crippen LogP contribution in [0.4, 0.5) is 0 Å². The average molecular weight is 319 g/mol. The molecule has 0 amide bonds. The van der Waals surface area contributed by atoms with Gasteiger partial charge in [0.2, 0.25) is 0 Å². The molecule has 0 aliphatic heterocycles. The van der Waals surface area contributed by atoms with E-state index in [1.54, 1.807) is 7.11 Å². The summed E-state index contributed by atoms with van der Waals surface area (Å²) in [6.45, 7) is 3.87. The fraction of sp³-hybridized carbons (Fsp3) is 0.500. The van der Waals surface area contributed by atoms with E-state index in [1.165, 1.54) is 9.13 Å². The molecule has 0 aliphatic rings. The van der Waals surface area contributed by atoms with Gasteiger partial charge in [-0.05, 0) is 46.7 Å². The smallest absolute Gasteiger partial charge is 0.0615 e. The summed E-state index contributed by atoms with van der Waals surface area (Å²) in [4.78, 5) is 0. The standard InChI is InChI=1S/C12H18INO/c1-3-12(9-15-2)14-8-10-4-6-11(13)7-5-10/h4-7,12,14H,3,8-9H2,1-2H3. The van der Waals surface area contributed by atoms with Crippen LogP contribution >= 0.6 is 22.6 Å². The molecule has 0 bridgehead atoms. The maximum absolute atomic E-state index is 5.14. The van der Waals surface area contributed by atoms with Crippen LogP contribution in [0.15, 0.2) is 24.3 Å². The van der Waals surface area contributed by atoms with E-state index in [9.17, 15) is 0 Å². The second-order valence-electron chi connectivity index (χ2n) is 3.57. The fourth-order valence-corrected chi connectivity index (χ4v) is 1.75. The molecule has 0 aromatic heterocycles. The van der Waals surface area contributed by atoms with Gasteiger partial charge in [0.15, 0.2) is 0 Å². The quantitative estimate of drug-likeness (QED) is 0.814. The van der Waals surface area contributed by atoms with Crippen LogP contribution in [-0.4, -0.2) is 19.8 Å². The predicted molar refractivity (Wildman–Crippen MR) is 72.0 cm³/mol. The molecule has 1 aromatic carbocycles. The van der Waals surface area contributed by atoms with Gasteiger partial charge in [0.25, 0.3) is 0 Å². The topological polar surface area (TPSA) is 21.3 Å². The van der Waals surface area contributed by atoms with E-state index in [0.717, 1.165) is 19.6 Å². The Morgan fingerprint density at radius 1 is 1.33 bits per heavy atom. The minimum absolute atomic E-state index is 0.453. The molecule has 3 heteroatoms. The third kappa shape index (κ3) is 4.95. The fourth-order valence-electron chi connectivity index (χ4n) is 1.39. The van der Waals surface area contributed by atoms with E-state index in [2.05, 4.69) is 59.1 Å². The first kappa shape index (κ1) is 12.9. The predicted octanol–water partition coefficient (Wildman–Crippen LogP) is 2.81. The van der Waals surface area contributed by atoms with Crippen molar-refractivity contribution in [1.82, 2.24) is 5.32 Å². The Balaban J connectivity index is 2.38. The van der Waals surface area contributed by atoms with Gasteiger partial charge in [-0.3, -0.25) is 0 Å². The van der Waals surface area contributed by atoms with Gasteiger partial charge in [-0.25, -0.2) is 0 Å². The van der Waals surface area contributed by atoms with Gasteiger partial charge >= 0.3 is 0 Å². The lowest BCUT2D eigenvalue weighted by atomic mass is 10.2. The van der Waals surface area contributed by atoms with Crippen LogP contribution < -0.4 is 5.32 Å². The summed E-state index contributed by atoms with van der Waals surface area (Å²) in [5, 5.41) is 3.48. The molecule has 0 fully saturated rings. The Morgan fingerprint density at radius 3 is 2.53 bits per heavy atom. The number of ether oxygens (including phenoxy) is 1. The lowest BCUT2D eigenvalue weighted by Crippen LogP contribution is -2.31. The highest BCUT2D eigenvalue weighted by atomic mass is 127. The van der Waals surface area contributed by atoms with Crippen LogP contribution in [-0.2, 0) is 11.3 Å². The van der Waals surface area contributed by atoms with E-state index in [0.29, 0.717) is 6.04 Å². The van der Waals surface area contributed by atoms with Crippen LogP contribution in [0, 0.1) is 3.57 Å².